The van der Waals surface area contributed by atoms with Gasteiger partial charge in [0.2, 0.25) is 0 Å². The van der Waals surface area contributed by atoms with Gasteiger partial charge in [-0.05, 0) is 171 Å². The van der Waals surface area contributed by atoms with Crippen molar-refractivity contribution in [3.8, 4) is 44.5 Å². The molecular formula is C74H50N2. The molecule has 0 aliphatic heterocycles. The number of fused-ring (bicyclic) bond motifs is 11. The highest BCUT2D eigenvalue weighted by molar-refractivity contribution is 6.39. The van der Waals surface area contributed by atoms with Crippen molar-refractivity contribution in [1.29, 1.82) is 0 Å². The van der Waals surface area contributed by atoms with E-state index in [1.54, 1.807) is 0 Å². The number of anilines is 6. The van der Waals surface area contributed by atoms with Crippen LogP contribution in [0, 0.1) is 0 Å². The highest BCUT2D eigenvalue weighted by atomic mass is 15.1. The van der Waals surface area contributed by atoms with E-state index in [0.717, 1.165) is 34.1 Å². The monoisotopic (exact) mass is 966 g/mol. The van der Waals surface area contributed by atoms with E-state index in [2.05, 4.69) is 313 Å². The number of hydrogen-bond donors (Lipinski definition) is 0. The Bertz CT molecular complexity index is 4000. The van der Waals surface area contributed by atoms with Crippen LogP contribution in [0.5, 0.6) is 0 Å². The first kappa shape index (κ1) is 44.7. The van der Waals surface area contributed by atoms with Gasteiger partial charge in [-0.3, -0.25) is 0 Å². The molecule has 0 aliphatic rings. The molecule has 0 aromatic heterocycles. The molecule has 356 valence electrons. The average molecular weight is 967 g/mol. The molecule has 0 unspecified atom stereocenters. The first-order valence-corrected chi connectivity index (χ1v) is 26.2. The van der Waals surface area contributed by atoms with Gasteiger partial charge >= 0.3 is 0 Å². The van der Waals surface area contributed by atoms with Gasteiger partial charge in [0, 0.05) is 34.1 Å². The van der Waals surface area contributed by atoms with E-state index in [0.29, 0.717) is 0 Å². The van der Waals surface area contributed by atoms with Crippen LogP contribution in [-0.4, -0.2) is 0 Å². The normalized spacial score (nSPS) is 11.4. The van der Waals surface area contributed by atoms with E-state index in [9.17, 15) is 0 Å². The minimum atomic E-state index is 1.09. The highest BCUT2D eigenvalue weighted by Crippen LogP contribution is 2.48. The van der Waals surface area contributed by atoms with Gasteiger partial charge in [0.1, 0.15) is 0 Å². The van der Waals surface area contributed by atoms with Crippen LogP contribution < -0.4 is 9.80 Å². The Morgan fingerprint density at radius 2 is 0.382 bits per heavy atom. The van der Waals surface area contributed by atoms with E-state index in [-0.39, 0.29) is 0 Å². The molecule has 2 nitrogen and oxygen atoms in total. The lowest BCUT2D eigenvalue weighted by molar-refractivity contribution is 1.29. The molecule has 0 bridgehead atoms. The standard InChI is InChI=1S/C74H50N2/c1-5-21-51(22-6-1)55-29-17-33-59(45-55)75(60-34-18-30-56(46-60)52-23-7-2-8-24-52)63-41-43-69-71(49-63)65-37-13-15-39-67(65)74-70-44-42-64(50-72(70)66-38-14-16-40-68(66)73(69)74)76(61-35-19-31-57(47-61)53-25-9-3-10-26-53)62-36-20-32-58(48-62)54-27-11-4-12-28-54/h1-50H. The topological polar surface area (TPSA) is 6.48 Å². The number of rotatable bonds is 10. The molecule has 0 spiro atoms. The highest BCUT2D eigenvalue weighted by Gasteiger charge is 2.22. The molecule has 0 heterocycles. The maximum absolute atomic E-state index is 2.43. The lowest BCUT2D eigenvalue weighted by Crippen LogP contribution is -2.10. The van der Waals surface area contributed by atoms with Crippen LogP contribution in [-0.2, 0) is 0 Å². The predicted molar refractivity (Wildman–Crippen MR) is 325 cm³/mol. The van der Waals surface area contributed by atoms with Crippen LogP contribution in [0.15, 0.2) is 303 Å². The van der Waals surface area contributed by atoms with E-state index in [1.807, 2.05) is 0 Å². The summed E-state index contributed by atoms with van der Waals surface area (Å²) in [5.74, 6) is 0. The average Bonchev–Trinajstić information content (AvgIpc) is 3.54. The van der Waals surface area contributed by atoms with Crippen molar-refractivity contribution in [2.75, 3.05) is 9.80 Å². The van der Waals surface area contributed by atoms with Gasteiger partial charge in [0.05, 0.1) is 0 Å². The SMILES string of the molecule is c1ccc(-c2cccc(N(c3cccc(-c4ccccc4)c3)c3ccc4c(c3)c3ccccc3c3c5ccc(N(c6cccc(-c7ccccc7)c6)c6cccc(-c7ccccc7)c6)cc5c5ccccc5c43)c2)cc1. The second-order valence-corrected chi connectivity index (χ2v) is 19.6. The summed E-state index contributed by atoms with van der Waals surface area (Å²) in [7, 11) is 0. The molecule has 14 rings (SSSR count). The summed E-state index contributed by atoms with van der Waals surface area (Å²) in [5.41, 5.74) is 16.0. The Morgan fingerprint density at radius 1 is 0.145 bits per heavy atom. The summed E-state index contributed by atoms with van der Waals surface area (Å²) in [5, 5.41) is 12.3. The van der Waals surface area contributed by atoms with Crippen LogP contribution in [0.3, 0.4) is 0 Å². The van der Waals surface area contributed by atoms with E-state index < -0.39 is 0 Å². The summed E-state index contributed by atoms with van der Waals surface area (Å²) in [6, 6.07) is 111. The third-order valence-corrected chi connectivity index (χ3v) is 15.1. The van der Waals surface area contributed by atoms with Gasteiger partial charge in [-0.15, -0.1) is 0 Å². The van der Waals surface area contributed by atoms with Crippen molar-refractivity contribution < 1.29 is 0 Å². The smallest absolute Gasteiger partial charge is 0.0468 e. The number of benzene rings is 14. The predicted octanol–water partition coefficient (Wildman–Crippen LogP) is 21.1. The van der Waals surface area contributed by atoms with E-state index >= 15 is 0 Å². The van der Waals surface area contributed by atoms with Crippen LogP contribution >= 0.6 is 0 Å². The fourth-order valence-electron chi connectivity index (χ4n) is 11.6. The van der Waals surface area contributed by atoms with Crippen LogP contribution in [0.25, 0.3) is 98.4 Å². The zero-order chi connectivity index (χ0) is 50.4. The number of nitrogens with zero attached hydrogens (tertiary/aromatic N) is 2. The van der Waals surface area contributed by atoms with Crippen molar-refractivity contribution in [1.82, 2.24) is 0 Å². The summed E-state index contributed by atoms with van der Waals surface area (Å²) in [4.78, 5) is 4.85. The van der Waals surface area contributed by atoms with Gasteiger partial charge in [0.25, 0.3) is 0 Å². The molecule has 0 aliphatic carbocycles. The molecule has 0 atom stereocenters. The number of hydrogen-bond acceptors (Lipinski definition) is 2. The molecule has 2 heteroatoms. The van der Waals surface area contributed by atoms with Crippen molar-refractivity contribution in [2.45, 2.75) is 0 Å². The third-order valence-electron chi connectivity index (χ3n) is 15.1. The van der Waals surface area contributed by atoms with Crippen LogP contribution in [0.1, 0.15) is 0 Å². The van der Waals surface area contributed by atoms with Gasteiger partial charge < -0.3 is 9.80 Å². The second kappa shape index (κ2) is 19.1. The second-order valence-electron chi connectivity index (χ2n) is 19.6. The molecule has 0 saturated heterocycles. The molecule has 0 fully saturated rings. The molecule has 14 aromatic carbocycles. The zero-order valence-electron chi connectivity index (χ0n) is 41.8. The molecule has 0 N–H and O–H groups in total. The quantitative estimate of drug-likeness (QED) is 0.126. The van der Waals surface area contributed by atoms with Gasteiger partial charge in [0.15, 0.2) is 0 Å². The minimum Gasteiger partial charge on any atom is -0.310 e. The fraction of sp³-hybridized carbons (Fsp3) is 0. The largest absolute Gasteiger partial charge is 0.310 e. The Kier molecular flexibility index (Phi) is 11.2. The fourth-order valence-corrected chi connectivity index (χ4v) is 11.6. The lowest BCUT2D eigenvalue weighted by atomic mass is 9.87. The van der Waals surface area contributed by atoms with E-state index in [4.69, 9.17) is 0 Å². The Hall–Kier alpha value is -10.0. The van der Waals surface area contributed by atoms with Crippen molar-refractivity contribution >= 4 is 88.0 Å². The van der Waals surface area contributed by atoms with Gasteiger partial charge in [-0.2, -0.15) is 0 Å². The minimum absolute atomic E-state index is 1.09. The van der Waals surface area contributed by atoms with Crippen molar-refractivity contribution in [3.05, 3.63) is 303 Å². The maximum atomic E-state index is 2.43. The molecule has 0 amide bonds. The van der Waals surface area contributed by atoms with Crippen LogP contribution in [0.4, 0.5) is 34.1 Å². The summed E-state index contributed by atoms with van der Waals surface area (Å²) >= 11 is 0. The Morgan fingerprint density at radius 3 is 0.684 bits per heavy atom. The molecule has 0 saturated carbocycles. The summed E-state index contributed by atoms with van der Waals surface area (Å²) in [6.45, 7) is 0. The van der Waals surface area contributed by atoms with Gasteiger partial charge in [-0.1, -0.05) is 231 Å². The van der Waals surface area contributed by atoms with Crippen LogP contribution in [0.2, 0.25) is 0 Å². The van der Waals surface area contributed by atoms with Crippen molar-refractivity contribution in [2.24, 2.45) is 0 Å². The van der Waals surface area contributed by atoms with Gasteiger partial charge in [-0.25, -0.2) is 0 Å². The molecule has 76 heavy (non-hydrogen) atoms. The summed E-state index contributed by atoms with van der Waals surface area (Å²) in [6.07, 6.45) is 0. The summed E-state index contributed by atoms with van der Waals surface area (Å²) < 4.78 is 0. The van der Waals surface area contributed by atoms with Crippen molar-refractivity contribution in [3.63, 3.8) is 0 Å². The van der Waals surface area contributed by atoms with E-state index in [1.165, 1.54) is 98.4 Å². The first-order chi connectivity index (χ1) is 37.7. The first-order valence-electron chi connectivity index (χ1n) is 26.2. The maximum Gasteiger partial charge on any atom is 0.0468 e. The molecular weight excluding hydrogens is 917 g/mol. The molecule has 0 radical (unpaired) electrons. The zero-order valence-corrected chi connectivity index (χ0v) is 41.8. The Balaban J connectivity index is 0.985. The molecule has 14 aromatic rings. The lowest BCUT2D eigenvalue weighted by Gasteiger charge is -2.28. The third kappa shape index (κ3) is 8.01. The Labute approximate surface area is 443 Å².